The van der Waals surface area contributed by atoms with Gasteiger partial charge in [-0.05, 0) is 111 Å². The number of hydrogen-bond acceptors (Lipinski definition) is 7. The average Bonchev–Trinajstić information content (AvgIpc) is 3.65. The Bertz CT molecular complexity index is 1330. The Morgan fingerprint density at radius 2 is 1.51 bits per heavy atom. The van der Waals surface area contributed by atoms with Gasteiger partial charge < -0.3 is 34.0 Å². The third-order valence-corrected chi connectivity index (χ3v) is 17.1. The van der Waals surface area contributed by atoms with Gasteiger partial charge in [0.15, 0.2) is 0 Å². The maximum Gasteiger partial charge on any atom is 0.410 e. The van der Waals surface area contributed by atoms with E-state index in [2.05, 4.69) is 60.4 Å². The average molecular weight is 684 g/mol. The number of aliphatic hydroxyl groups excluding tert-OH is 1. The summed E-state index contributed by atoms with van der Waals surface area (Å²) in [5.41, 5.74) is 0.188. The second-order valence-corrected chi connectivity index (χ2v) is 19.7. The standard InChI is InChI=1S/C40H65N3O6/c1-24(2)31(49-35(46)42-16-9-17-42)26-22-25(3)30-32(47-26)33(44)38(7)28-11-10-27-36(4,5)29(48-34(45)43-20-18-41(8)19-21-43)12-13-39(27)23-40(28,39)15-14-37(30,38)6/h24-33,44H,9-23H2,1-8H3/t25-,26?,27+,28?,29+,30+,31-,32?,33+,37-,38-,39-,40?/m1/s1. The quantitative estimate of drug-likeness (QED) is 0.366. The zero-order valence-electron chi connectivity index (χ0n) is 31.7. The SMILES string of the molecule is CC(C)[C@@H](OC(=O)N1CCC1)C1C[C@@H](C)[C@H]2C(O1)[C@H](O)[C@@]1(C)C3CC[C@H]4C(C)(C)[C@@H](OC(=O)N5CCN(C)CC5)CC[C@@]45CC35CC[C@]21C. The van der Waals surface area contributed by atoms with Gasteiger partial charge >= 0.3 is 12.2 Å². The van der Waals surface area contributed by atoms with Crippen molar-refractivity contribution < 1.29 is 28.9 Å². The van der Waals surface area contributed by atoms with Crippen LogP contribution in [0.5, 0.6) is 0 Å². The topological polar surface area (TPSA) is 91.8 Å². The molecule has 0 bridgehead atoms. The number of nitrogens with zero attached hydrogens (tertiary/aromatic N) is 3. The van der Waals surface area contributed by atoms with Crippen LogP contribution in [0, 0.1) is 56.7 Å². The van der Waals surface area contributed by atoms with Crippen LogP contribution in [0.3, 0.4) is 0 Å². The minimum Gasteiger partial charge on any atom is -0.446 e. The molecule has 9 heteroatoms. The Hall–Kier alpha value is -1.58. The number of amides is 2. The Kier molecular flexibility index (Phi) is 8.07. The minimum absolute atomic E-state index is 0.0135. The smallest absolute Gasteiger partial charge is 0.410 e. The van der Waals surface area contributed by atoms with Gasteiger partial charge in [-0.15, -0.1) is 0 Å². The molecule has 3 saturated heterocycles. The molecule has 13 atom stereocenters. The first kappa shape index (κ1) is 34.5. The molecule has 49 heavy (non-hydrogen) atoms. The van der Waals surface area contributed by atoms with Crippen LogP contribution in [0.4, 0.5) is 9.59 Å². The van der Waals surface area contributed by atoms with Crippen molar-refractivity contribution >= 4 is 12.2 Å². The summed E-state index contributed by atoms with van der Waals surface area (Å²) in [6.45, 7) is 21.2. The largest absolute Gasteiger partial charge is 0.446 e. The van der Waals surface area contributed by atoms with Gasteiger partial charge in [-0.1, -0.05) is 48.5 Å². The summed E-state index contributed by atoms with van der Waals surface area (Å²) in [5, 5.41) is 12.7. The van der Waals surface area contributed by atoms with Crippen molar-refractivity contribution in [3.05, 3.63) is 0 Å². The highest BCUT2D eigenvalue weighted by atomic mass is 16.6. The van der Waals surface area contributed by atoms with Gasteiger partial charge in [0.05, 0.1) is 18.3 Å². The van der Waals surface area contributed by atoms with Crippen LogP contribution in [0.15, 0.2) is 0 Å². The monoisotopic (exact) mass is 683 g/mol. The zero-order valence-corrected chi connectivity index (χ0v) is 31.7. The Balaban J connectivity index is 1.02. The molecule has 2 amide bonds. The molecule has 1 N–H and O–H groups in total. The van der Waals surface area contributed by atoms with Crippen molar-refractivity contribution in [2.75, 3.05) is 46.3 Å². The Morgan fingerprint density at radius 3 is 2.16 bits per heavy atom. The van der Waals surface area contributed by atoms with Gasteiger partial charge in [0.2, 0.25) is 0 Å². The van der Waals surface area contributed by atoms with E-state index in [1.54, 1.807) is 4.90 Å². The molecular formula is C40H65N3O6. The van der Waals surface area contributed by atoms with Crippen molar-refractivity contribution in [3.8, 4) is 0 Å². The first-order chi connectivity index (χ1) is 23.1. The number of likely N-dealkylation sites (N-methyl/N-ethyl adjacent to an activating group) is 1. The van der Waals surface area contributed by atoms with Gasteiger partial charge in [-0.25, -0.2) is 9.59 Å². The Labute approximate surface area is 295 Å². The highest BCUT2D eigenvalue weighted by molar-refractivity contribution is 5.69. The number of rotatable bonds is 4. The summed E-state index contributed by atoms with van der Waals surface area (Å²) in [6, 6.07) is 0. The molecule has 3 aliphatic heterocycles. The van der Waals surface area contributed by atoms with Crippen LogP contribution in [0.2, 0.25) is 0 Å². The van der Waals surface area contributed by atoms with E-state index in [9.17, 15) is 14.7 Å². The fourth-order valence-corrected chi connectivity index (χ4v) is 14.3. The third kappa shape index (κ3) is 4.65. The number of piperazine rings is 1. The van der Waals surface area contributed by atoms with Crippen molar-refractivity contribution in [1.82, 2.24) is 14.7 Å². The second kappa shape index (κ2) is 11.5. The van der Waals surface area contributed by atoms with E-state index in [0.717, 1.165) is 84.2 Å². The summed E-state index contributed by atoms with van der Waals surface area (Å²) in [6.07, 6.45) is 8.15. The number of carbonyl (C=O) groups is 2. The first-order valence-corrected chi connectivity index (χ1v) is 20.0. The lowest BCUT2D eigenvalue weighted by molar-refractivity contribution is -0.185. The van der Waals surface area contributed by atoms with Crippen LogP contribution in [-0.2, 0) is 14.2 Å². The van der Waals surface area contributed by atoms with Gasteiger partial charge in [-0.3, -0.25) is 0 Å². The lowest BCUT2D eigenvalue weighted by Crippen LogP contribution is -2.60. The number of aliphatic hydroxyl groups is 1. The molecular weight excluding hydrogens is 618 g/mol. The lowest BCUT2D eigenvalue weighted by Gasteiger charge is -2.63. The van der Waals surface area contributed by atoms with E-state index < -0.39 is 6.10 Å². The van der Waals surface area contributed by atoms with E-state index in [1.165, 1.54) is 12.8 Å². The summed E-state index contributed by atoms with van der Waals surface area (Å²) >= 11 is 0. The van der Waals surface area contributed by atoms with E-state index in [-0.39, 0.29) is 75.5 Å². The maximum absolute atomic E-state index is 13.3. The molecule has 9 nitrogen and oxygen atoms in total. The molecule has 0 aromatic carbocycles. The summed E-state index contributed by atoms with van der Waals surface area (Å²) in [7, 11) is 2.11. The van der Waals surface area contributed by atoms with Crippen molar-refractivity contribution in [3.63, 3.8) is 0 Å². The van der Waals surface area contributed by atoms with Crippen molar-refractivity contribution in [1.29, 1.82) is 0 Å². The molecule has 3 heterocycles. The summed E-state index contributed by atoms with van der Waals surface area (Å²) < 4.78 is 19.6. The molecule has 0 aromatic heterocycles. The fourth-order valence-electron chi connectivity index (χ4n) is 14.3. The highest BCUT2D eigenvalue weighted by Crippen LogP contribution is 2.89. The Morgan fingerprint density at radius 1 is 0.857 bits per heavy atom. The second-order valence-electron chi connectivity index (χ2n) is 19.7. The third-order valence-electron chi connectivity index (χ3n) is 17.1. The van der Waals surface area contributed by atoms with Crippen LogP contribution in [-0.4, -0.2) is 109 Å². The normalized spacial score (nSPS) is 49.0. The van der Waals surface area contributed by atoms with Gasteiger partial charge in [-0.2, -0.15) is 0 Å². The lowest BCUT2D eigenvalue weighted by atomic mass is 9.41. The van der Waals surface area contributed by atoms with Crippen LogP contribution < -0.4 is 0 Å². The molecule has 4 unspecified atom stereocenters. The molecule has 2 spiro atoms. The van der Waals surface area contributed by atoms with E-state index in [1.807, 2.05) is 4.90 Å². The van der Waals surface area contributed by atoms with Gasteiger partial charge in [0.1, 0.15) is 12.2 Å². The molecule has 8 rings (SSSR count). The summed E-state index contributed by atoms with van der Waals surface area (Å²) in [4.78, 5) is 32.3. The van der Waals surface area contributed by atoms with E-state index in [0.29, 0.717) is 17.8 Å². The predicted octanol–water partition coefficient (Wildman–Crippen LogP) is 6.42. The van der Waals surface area contributed by atoms with Crippen LogP contribution in [0.1, 0.15) is 106 Å². The number of likely N-dealkylation sites (tertiary alicyclic amines) is 1. The molecule has 276 valence electrons. The van der Waals surface area contributed by atoms with Crippen molar-refractivity contribution in [2.24, 2.45) is 56.7 Å². The number of hydrogen-bond donors (Lipinski definition) is 1. The molecule has 0 aromatic rings. The first-order valence-electron chi connectivity index (χ1n) is 20.0. The van der Waals surface area contributed by atoms with E-state index in [4.69, 9.17) is 14.2 Å². The number of carbonyl (C=O) groups excluding carboxylic acids is 2. The highest BCUT2D eigenvalue weighted by Gasteiger charge is 2.84. The molecule has 8 fully saturated rings. The van der Waals surface area contributed by atoms with Crippen LogP contribution in [0.25, 0.3) is 0 Å². The zero-order chi connectivity index (χ0) is 34.9. The van der Waals surface area contributed by atoms with Gasteiger partial charge in [0.25, 0.3) is 0 Å². The van der Waals surface area contributed by atoms with Crippen LogP contribution >= 0.6 is 0 Å². The maximum atomic E-state index is 13.3. The summed E-state index contributed by atoms with van der Waals surface area (Å²) in [5.74, 6) is 1.77. The predicted molar refractivity (Wildman–Crippen MR) is 187 cm³/mol. The minimum atomic E-state index is -0.545. The number of ether oxygens (including phenoxy) is 3. The van der Waals surface area contributed by atoms with Gasteiger partial charge in [0, 0.05) is 50.1 Å². The fraction of sp³-hybridized carbons (Fsp3) is 0.950. The molecule has 5 aliphatic carbocycles. The molecule has 8 aliphatic rings. The molecule has 0 radical (unpaired) electrons. The van der Waals surface area contributed by atoms with Crippen molar-refractivity contribution in [2.45, 2.75) is 137 Å². The van der Waals surface area contributed by atoms with E-state index >= 15 is 0 Å². The number of fused-ring (bicyclic) bond motifs is 4. The molecule has 5 saturated carbocycles.